The van der Waals surface area contributed by atoms with Gasteiger partial charge in [0.2, 0.25) is 0 Å². The normalized spacial score (nSPS) is 11.1. The third-order valence-corrected chi connectivity index (χ3v) is 3.26. The van der Waals surface area contributed by atoms with E-state index in [1.807, 2.05) is 0 Å². The first-order chi connectivity index (χ1) is 9.08. The molecule has 96 valence electrons. The van der Waals surface area contributed by atoms with Crippen LogP contribution < -0.4 is 0 Å². The van der Waals surface area contributed by atoms with Gasteiger partial charge < -0.3 is 4.98 Å². The Morgan fingerprint density at radius 1 is 1.32 bits per heavy atom. The predicted octanol–water partition coefficient (Wildman–Crippen LogP) is 4.01. The molecule has 0 atom stereocenters. The SMILES string of the molecule is Fc1cc(F)c(-n2c(=S)[nH]c3cnccc32)c(Cl)c1. The maximum atomic E-state index is 14.0. The van der Waals surface area contributed by atoms with Gasteiger partial charge in [-0.15, -0.1) is 0 Å². The second-order valence-corrected chi connectivity index (χ2v) is 4.67. The first-order valence-corrected chi connectivity index (χ1v) is 6.06. The number of nitrogens with one attached hydrogen (secondary N) is 1. The number of hydrogen-bond acceptors (Lipinski definition) is 2. The van der Waals surface area contributed by atoms with E-state index in [2.05, 4.69) is 9.97 Å². The first kappa shape index (κ1) is 12.3. The summed E-state index contributed by atoms with van der Waals surface area (Å²) in [6.07, 6.45) is 3.12. The van der Waals surface area contributed by atoms with E-state index in [1.54, 1.807) is 18.5 Å². The average molecular weight is 298 g/mol. The van der Waals surface area contributed by atoms with Crippen LogP contribution in [0, 0.1) is 16.4 Å². The van der Waals surface area contributed by atoms with Crippen LogP contribution in [0.15, 0.2) is 30.6 Å². The van der Waals surface area contributed by atoms with Crippen molar-refractivity contribution in [2.75, 3.05) is 0 Å². The number of pyridine rings is 1. The molecule has 0 fully saturated rings. The summed E-state index contributed by atoms with van der Waals surface area (Å²) >= 11 is 11.1. The quantitative estimate of drug-likeness (QED) is 0.688. The van der Waals surface area contributed by atoms with E-state index in [-0.39, 0.29) is 15.5 Å². The Bertz CT molecular complexity index is 817. The summed E-state index contributed by atoms with van der Waals surface area (Å²) in [6, 6.07) is 3.48. The van der Waals surface area contributed by atoms with Crippen LogP contribution in [0.3, 0.4) is 0 Å². The van der Waals surface area contributed by atoms with Gasteiger partial charge in [-0.3, -0.25) is 9.55 Å². The van der Waals surface area contributed by atoms with Gasteiger partial charge in [0, 0.05) is 12.3 Å². The van der Waals surface area contributed by atoms with Gasteiger partial charge in [0.1, 0.15) is 11.5 Å². The molecule has 3 aromatic rings. The van der Waals surface area contributed by atoms with Crippen molar-refractivity contribution >= 4 is 34.9 Å². The van der Waals surface area contributed by atoms with Gasteiger partial charge in [-0.2, -0.15) is 0 Å². The number of benzene rings is 1. The summed E-state index contributed by atoms with van der Waals surface area (Å²) in [6.45, 7) is 0. The van der Waals surface area contributed by atoms with Crippen LogP contribution in [0.25, 0.3) is 16.7 Å². The number of nitrogens with zero attached hydrogens (tertiary/aromatic N) is 2. The van der Waals surface area contributed by atoms with Crippen molar-refractivity contribution < 1.29 is 8.78 Å². The Balaban J connectivity index is 2.43. The van der Waals surface area contributed by atoms with Gasteiger partial charge >= 0.3 is 0 Å². The van der Waals surface area contributed by atoms with Crippen LogP contribution in [0.4, 0.5) is 8.78 Å². The molecule has 3 rings (SSSR count). The van der Waals surface area contributed by atoms with Crippen molar-refractivity contribution in [2.24, 2.45) is 0 Å². The highest BCUT2D eigenvalue weighted by Crippen LogP contribution is 2.28. The van der Waals surface area contributed by atoms with Crippen LogP contribution in [0.2, 0.25) is 5.02 Å². The van der Waals surface area contributed by atoms with E-state index < -0.39 is 11.6 Å². The lowest BCUT2D eigenvalue weighted by Gasteiger charge is -2.08. The number of aromatic nitrogens is 3. The van der Waals surface area contributed by atoms with Gasteiger partial charge in [-0.05, 0) is 24.4 Å². The van der Waals surface area contributed by atoms with Gasteiger partial charge in [0.05, 0.1) is 22.3 Å². The van der Waals surface area contributed by atoms with E-state index in [1.165, 1.54) is 4.57 Å². The standard InChI is InChI=1S/C12H6ClF2N3S/c13-7-3-6(14)4-8(15)11(7)18-10-1-2-16-5-9(10)17-12(18)19/h1-5H,(H,17,19). The van der Waals surface area contributed by atoms with Crippen molar-refractivity contribution in [1.82, 2.24) is 14.5 Å². The topological polar surface area (TPSA) is 33.6 Å². The average Bonchev–Trinajstić information content (AvgIpc) is 2.65. The molecule has 0 bridgehead atoms. The molecule has 0 saturated heterocycles. The molecule has 0 amide bonds. The van der Waals surface area contributed by atoms with Gasteiger partial charge in [-0.25, -0.2) is 8.78 Å². The van der Waals surface area contributed by atoms with E-state index in [0.717, 1.165) is 12.1 Å². The zero-order chi connectivity index (χ0) is 13.6. The third-order valence-electron chi connectivity index (χ3n) is 2.69. The number of halogens is 3. The van der Waals surface area contributed by atoms with E-state index in [0.29, 0.717) is 11.0 Å². The van der Waals surface area contributed by atoms with Crippen molar-refractivity contribution in [3.63, 3.8) is 0 Å². The molecule has 2 aromatic heterocycles. The third kappa shape index (κ3) is 1.93. The Hall–Kier alpha value is -1.79. The zero-order valence-corrected chi connectivity index (χ0v) is 10.9. The smallest absolute Gasteiger partial charge is 0.182 e. The fraction of sp³-hybridized carbons (Fsp3) is 0. The summed E-state index contributed by atoms with van der Waals surface area (Å²) in [5.41, 5.74) is 1.28. The molecule has 0 spiro atoms. The molecule has 1 N–H and O–H groups in total. The molecular formula is C12H6ClF2N3S. The zero-order valence-electron chi connectivity index (χ0n) is 9.32. The highest BCUT2D eigenvalue weighted by atomic mass is 35.5. The second kappa shape index (κ2) is 4.40. The molecule has 0 unspecified atom stereocenters. The molecular weight excluding hydrogens is 292 g/mol. The van der Waals surface area contributed by atoms with Crippen LogP contribution >= 0.6 is 23.8 Å². The summed E-state index contributed by atoms with van der Waals surface area (Å²) in [5, 5.41) is -0.0497. The molecule has 0 aliphatic carbocycles. The van der Waals surface area contributed by atoms with E-state index in [9.17, 15) is 8.78 Å². The number of rotatable bonds is 1. The molecule has 7 heteroatoms. The van der Waals surface area contributed by atoms with Crippen molar-refractivity contribution in [2.45, 2.75) is 0 Å². The van der Waals surface area contributed by atoms with Crippen molar-refractivity contribution in [1.29, 1.82) is 0 Å². The van der Waals surface area contributed by atoms with Gasteiger partial charge in [-0.1, -0.05) is 11.6 Å². The molecule has 19 heavy (non-hydrogen) atoms. The Kier molecular flexibility index (Phi) is 2.83. The molecule has 0 aliphatic rings. The lowest BCUT2D eigenvalue weighted by molar-refractivity contribution is 0.578. The monoisotopic (exact) mass is 297 g/mol. The maximum Gasteiger partial charge on any atom is 0.182 e. The maximum absolute atomic E-state index is 14.0. The number of aromatic amines is 1. The predicted molar refractivity (Wildman–Crippen MR) is 71.2 cm³/mol. The van der Waals surface area contributed by atoms with Gasteiger partial charge in [0.15, 0.2) is 10.6 Å². The number of imidazole rings is 1. The van der Waals surface area contributed by atoms with E-state index >= 15 is 0 Å². The van der Waals surface area contributed by atoms with Crippen LogP contribution in [-0.2, 0) is 0 Å². The van der Waals surface area contributed by atoms with Crippen molar-refractivity contribution in [3.05, 3.63) is 52.0 Å². The van der Waals surface area contributed by atoms with Crippen LogP contribution in [0.1, 0.15) is 0 Å². The van der Waals surface area contributed by atoms with Gasteiger partial charge in [0.25, 0.3) is 0 Å². The minimum atomic E-state index is -0.779. The molecule has 2 heterocycles. The van der Waals surface area contributed by atoms with E-state index in [4.69, 9.17) is 23.8 Å². The number of hydrogen-bond donors (Lipinski definition) is 1. The molecule has 0 aliphatic heterocycles. The highest BCUT2D eigenvalue weighted by molar-refractivity contribution is 7.71. The first-order valence-electron chi connectivity index (χ1n) is 5.27. The molecule has 0 radical (unpaired) electrons. The Morgan fingerprint density at radius 3 is 2.84 bits per heavy atom. The number of fused-ring (bicyclic) bond motifs is 1. The highest BCUT2D eigenvalue weighted by Gasteiger charge is 2.15. The summed E-state index contributed by atoms with van der Waals surface area (Å²) in [4.78, 5) is 6.83. The Morgan fingerprint density at radius 2 is 2.11 bits per heavy atom. The van der Waals surface area contributed by atoms with Crippen LogP contribution in [0.5, 0.6) is 0 Å². The van der Waals surface area contributed by atoms with Crippen LogP contribution in [-0.4, -0.2) is 14.5 Å². The minimum absolute atomic E-state index is 0.0190. The lowest BCUT2D eigenvalue weighted by Crippen LogP contribution is -2.00. The lowest BCUT2D eigenvalue weighted by atomic mass is 10.2. The molecule has 3 nitrogen and oxygen atoms in total. The summed E-state index contributed by atoms with van der Waals surface area (Å²) in [5.74, 6) is -1.52. The Labute approximate surface area is 116 Å². The fourth-order valence-electron chi connectivity index (χ4n) is 1.93. The summed E-state index contributed by atoms with van der Waals surface area (Å²) in [7, 11) is 0. The molecule has 1 aromatic carbocycles. The summed E-state index contributed by atoms with van der Waals surface area (Å²) < 4.78 is 28.7. The van der Waals surface area contributed by atoms with Crippen molar-refractivity contribution in [3.8, 4) is 5.69 Å². The largest absolute Gasteiger partial charge is 0.329 e. The fourth-order valence-corrected chi connectivity index (χ4v) is 2.51. The molecule has 0 saturated carbocycles. The minimum Gasteiger partial charge on any atom is -0.329 e. The second-order valence-electron chi connectivity index (χ2n) is 3.88. The number of H-pyrrole nitrogens is 1.